The Morgan fingerprint density at radius 2 is 2.00 bits per heavy atom. The van der Waals surface area contributed by atoms with Gasteiger partial charge in [0.1, 0.15) is 5.75 Å². The van der Waals surface area contributed by atoms with Crippen LogP contribution in [-0.2, 0) is 4.79 Å². The van der Waals surface area contributed by atoms with Gasteiger partial charge in [0.15, 0.2) is 12.4 Å². The summed E-state index contributed by atoms with van der Waals surface area (Å²) in [5, 5.41) is 11.4. The van der Waals surface area contributed by atoms with E-state index in [0.29, 0.717) is 22.6 Å². The lowest BCUT2D eigenvalue weighted by atomic mass is 10.1. The summed E-state index contributed by atoms with van der Waals surface area (Å²) in [6, 6.07) is 13.9. The van der Waals surface area contributed by atoms with E-state index in [-0.39, 0.29) is 18.3 Å². The van der Waals surface area contributed by atoms with E-state index in [0.717, 1.165) is 5.56 Å². The van der Waals surface area contributed by atoms with E-state index in [4.69, 9.17) is 10.00 Å². The van der Waals surface area contributed by atoms with E-state index in [9.17, 15) is 9.59 Å². The molecule has 0 saturated heterocycles. The lowest BCUT2D eigenvalue weighted by molar-refractivity contribution is -0.118. The number of hydrogen-bond acceptors (Lipinski definition) is 4. The maximum Gasteiger partial charge on any atom is 0.262 e. The van der Waals surface area contributed by atoms with Crippen LogP contribution in [0.1, 0.15) is 21.5 Å². The van der Waals surface area contributed by atoms with Crippen molar-refractivity contribution in [2.24, 2.45) is 0 Å². The molecule has 0 atom stereocenters. The fourth-order valence-corrected chi connectivity index (χ4v) is 2.17. The highest BCUT2D eigenvalue weighted by Gasteiger charge is 2.17. The zero-order valence-electron chi connectivity index (χ0n) is 12.1. The van der Waals surface area contributed by atoms with E-state index >= 15 is 0 Å². The van der Waals surface area contributed by atoms with E-state index in [2.05, 4.69) is 5.32 Å². The summed E-state index contributed by atoms with van der Waals surface area (Å²) in [6.45, 7) is -0.0150. The third-order valence-corrected chi connectivity index (χ3v) is 3.36. The summed E-state index contributed by atoms with van der Waals surface area (Å²) >= 11 is 0. The number of hydrogen-bond donors (Lipinski definition) is 1. The Kier molecular flexibility index (Phi) is 3.89. The minimum Gasteiger partial charge on any atom is -0.482 e. The van der Waals surface area contributed by atoms with Gasteiger partial charge in [-0.3, -0.25) is 9.59 Å². The van der Waals surface area contributed by atoms with Gasteiger partial charge >= 0.3 is 0 Å². The molecule has 1 N–H and O–H groups in total. The normalized spacial score (nSPS) is 12.9. The minimum atomic E-state index is -0.241. The van der Waals surface area contributed by atoms with Gasteiger partial charge in [0.25, 0.3) is 5.91 Å². The first kappa shape index (κ1) is 14.5. The van der Waals surface area contributed by atoms with Crippen molar-refractivity contribution in [3.8, 4) is 11.8 Å². The summed E-state index contributed by atoms with van der Waals surface area (Å²) < 4.78 is 5.25. The van der Waals surface area contributed by atoms with Crippen LogP contribution < -0.4 is 10.1 Å². The van der Waals surface area contributed by atoms with Crippen molar-refractivity contribution in [3.05, 3.63) is 65.2 Å². The molecule has 3 rings (SSSR count). The molecule has 0 aromatic heterocycles. The van der Waals surface area contributed by atoms with Crippen LogP contribution in [0.2, 0.25) is 0 Å². The second-order valence-corrected chi connectivity index (χ2v) is 4.98. The van der Waals surface area contributed by atoms with Gasteiger partial charge in [0.2, 0.25) is 0 Å². The fourth-order valence-electron chi connectivity index (χ4n) is 2.17. The van der Waals surface area contributed by atoms with Gasteiger partial charge in [-0.05, 0) is 42.0 Å². The highest BCUT2D eigenvalue weighted by atomic mass is 16.5. The third kappa shape index (κ3) is 3.27. The first-order valence-corrected chi connectivity index (χ1v) is 6.95. The van der Waals surface area contributed by atoms with E-state index in [1.807, 2.05) is 6.07 Å². The van der Waals surface area contributed by atoms with Gasteiger partial charge in [-0.2, -0.15) is 5.26 Å². The van der Waals surface area contributed by atoms with Gasteiger partial charge in [-0.15, -0.1) is 0 Å². The molecule has 0 fully saturated rings. The van der Waals surface area contributed by atoms with E-state index < -0.39 is 0 Å². The summed E-state index contributed by atoms with van der Waals surface area (Å²) in [4.78, 5) is 23.5. The Morgan fingerprint density at radius 3 is 2.74 bits per heavy atom. The lowest BCUT2D eigenvalue weighted by Gasteiger charge is -2.17. The fraction of sp³-hybridized carbons (Fsp3) is 0.0556. The summed E-state index contributed by atoms with van der Waals surface area (Å²) in [7, 11) is 0. The average Bonchev–Trinajstić information content (AvgIpc) is 2.59. The number of allylic oxidation sites excluding steroid dienone is 1. The van der Waals surface area contributed by atoms with Crippen LogP contribution in [0.3, 0.4) is 0 Å². The van der Waals surface area contributed by atoms with Crippen LogP contribution >= 0.6 is 0 Å². The Morgan fingerprint density at radius 1 is 1.22 bits per heavy atom. The lowest BCUT2D eigenvalue weighted by Crippen LogP contribution is -2.25. The second-order valence-electron chi connectivity index (χ2n) is 4.98. The van der Waals surface area contributed by atoms with Crippen LogP contribution in [-0.4, -0.2) is 18.3 Å². The maximum atomic E-state index is 12.2. The van der Waals surface area contributed by atoms with Crippen LogP contribution in [0.25, 0.3) is 6.08 Å². The molecule has 5 heteroatoms. The predicted molar refractivity (Wildman–Crippen MR) is 85.1 cm³/mol. The van der Waals surface area contributed by atoms with Crippen molar-refractivity contribution < 1.29 is 14.3 Å². The van der Waals surface area contributed by atoms with E-state index in [1.54, 1.807) is 48.5 Å². The number of nitrogens with zero attached hydrogens (tertiary/aromatic N) is 1. The Bertz CT molecular complexity index is 846. The molecule has 112 valence electrons. The molecular weight excluding hydrogens is 292 g/mol. The van der Waals surface area contributed by atoms with Gasteiger partial charge < -0.3 is 10.1 Å². The van der Waals surface area contributed by atoms with Gasteiger partial charge in [-0.1, -0.05) is 18.2 Å². The molecule has 1 heterocycles. The quantitative estimate of drug-likeness (QED) is 0.698. The number of nitriles is 1. The van der Waals surface area contributed by atoms with Crippen molar-refractivity contribution in [2.45, 2.75) is 0 Å². The largest absolute Gasteiger partial charge is 0.482 e. The van der Waals surface area contributed by atoms with Crippen molar-refractivity contribution in [1.29, 1.82) is 5.26 Å². The first-order valence-electron chi connectivity index (χ1n) is 6.95. The molecule has 0 unspecified atom stereocenters. The van der Waals surface area contributed by atoms with Gasteiger partial charge in [0, 0.05) is 5.56 Å². The average molecular weight is 304 g/mol. The molecule has 2 aromatic carbocycles. The molecule has 1 aliphatic rings. The molecule has 0 bridgehead atoms. The van der Waals surface area contributed by atoms with Crippen molar-refractivity contribution in [2.75, 3.05) is 11.9 Å². The van der Waals surface area contributed by atoms with Gasteiger partial charge in [-0.25, -0.2) is 0 Å². The number of amides is 1. The maximum absolute atomic E-state index is 12.2. The van der Waals surface area contributed by atoms with Crippen LogP contribution in [0.15, 0.2) is 48.5 Å². The zero-order valence-corrected chi connectivity index (χ0v) is 12.1. The number of ketones is 1. The Hall–Kier alpha value is -3.39. The number of carbonyl (C=O) groups excluding carboxylic acids is 2. The second kappa shape index (κ2) is 6.16. The van der Waals surface area contributed by atoms with Crippen molar-refractivity contribution in [1.82, 2.24) is 0 Å². The summed E-state index contributed by atoms with van der Waals surface area (Å²) in [6.07, 6.45) is 3.13. The van der Waals surface area contributed by atoms with Crippen LogP contribution in [0.5, 0.6) is 5.75 Å². The number of carbonyl (C=O) groups is 2. The molecule has 0 aliphatic carbocycles. The molecule has 0 spiro atoms. The highest BCUT2D eigenvalue weighted by molar-refractivity contribution is 6.08. The molecule has 23 heavy (non-hydrogen) atoms. The minimum absolute atomic E-state index is 0.0150. The SMILES string of the molecule is N#Cc1ccc(C=CC(=O)c2ccc3c(c2)NC(=O)CO3)cc1. The molecule has 1 amide bonds. The summed E-state index contributed by atoms with van der Waals surface area (Å²) in [5.41, 5.74) is 2.35. The Balaban J connectivity index is 1.77. The van der Waals surface area contributed by atoms with Crippen molar-refractivity contribution >= 4 is 23.5 Å². The number of fused-ring (bicyclic) bond motifs is 1. The smallest absolute Gasteiger partial charge is 0.262 e. The van der Waals surface area contributed by atoms with Crippen LogP contribution in [0, 0.1) is 11.3 Å². The molecule has 2 aromatic rings. The highest BCUT2D eigenvalue weighted by Crippen LogP contribution is 2.28. The monoisotopic (exact) mass is 304 g/mol. The molecule has 0 radical (unpaired) electrons. The van der Waals surface area contributed by atoms with Crippen LogP contribution in [0.4, 0.5) is 5.69 Å². The number of nitrogens with one attached hydrogen (secondary N) is 1. The molecule has 0 saturated carbocycles. The first-order chi connectivity index (χ1) is 11.2. The Labute approximate surface area is 132 Å². The standard InChI is InChI=1S/C18H12N2O3/c19-10-13-3-1-12(2-4-13)5-7-16(21)14-6-8-17-15(9-14)20-18(22)11-23-17/h1-9H,11H2,(H,20,22). The number of anilines is 1. The zero-order chi connectivity index (χ0) is 16.2. The van der Waals surface area contributed by atoms with Crippen molar-refractivity contribution in [3.63, 3.8) is 0 Å². The third-order valence-electron chi connectivity index (χ3n) is 3.36. The van der Waals surface area contributed by atoms with Gasteiger partial charge in [0.05, 0.1) is 17.3 Å². The number of ether oxygens (including phenoxy) is 1. The number of rotatable bonds is 3. The molecule has 1 aliphatic heterocycles. The number of benzene rings is 2. The molecular formula is C18H12N2O3. The van der Waals surface area contributed by atoms with E-state index in [1.165, 1.54) is 6.08 Å². The summed E-state index contributed by atoms with van der Waals surface area (Å²) in [5.74, 6) is 0.129. The molecule has 5 nitrogen and oxygen atoms in total. The topological polar surface area (TPSA) is 79.2 Å². The predicted octanol–water partition coefficient (Wildman–Crippen LogP) is 2.79.